The number of rotatable bonds is 13. The molecule has 1 fully saturated rings. The molecule has 2 amide bonds. The molecule has 1 aliphatic carbocycles. The van der Waals surface area contributed by atoms with Crippen LogP contribution in [0, 0.1) is 0 Å². The number of benzene rings is 3. The van der Waals surface area contributed by atoms with Crippen LogP contribution in [0.25, 0.3) is 0 Å². The van der Waals surface area contributed by atoms with E-state index in [2.05, 4.69) is 5.32 Å². The number of carbonyl (C=O) groups excluding carboxylic acids is 2. The van der Waals surface area contributed by atoms with E-state index in [9.17, 15) is 18.0 Å². The maximum absolute atomic E-state index is 14.4. The topological polar surface area (TPSA) is 105 Å². The first-order chi connectivity index (χ1) is 21.6. The molecule has 0 bridgehead atoms. The van der Waals surface area contributed by atoms with Crippen molar-refractivity contribution in [1.29, 1.82) is 0 Å². The Hall–Kier alpha value is -3.47. The molecule has 1 atom stereocenters. The fraction of sp³-hybridized carbons (Fsp3) is 0.394. The highest BCUT2D eigenvalue weighted by molar-refractivity contribution is 7.92. The molecule has 242 valence electrons. The number of halogens is 2. The van der Waals surface area contributed by atoms with Crippen LogP contribution in [0.5, 0.6) is 11.5 Å². The fourth-order valence-electron chi connectivity index (χ4n) is 5.52. The summed E-state index contributed by atoms with van der Waals surface area (Å²) in [7, 11) is -1.41. The van der Waals surface area contributed by atoms with Crippen LogP contribution >= 0.6 is 23.2 Å². The second-order valence-electron chi connectivity index (χ2n) is 10.9. The van der Waals surface area contributed by atoms with Crippen molar-refractivity contribution < 1.29 is 27.5 Å². The number of ether oxygens (including phenoxy) is 2. The normalized spacial score (nSPS) is 14.3. The third-order valence-corrected chi connectivity index (χ3v) is 10.5. The Balaban J connectivity index is 1.77. The highest BCUT2D eigenvalue weighted by Gasteiger charge is 2.35. The van der Waals surface area contributed by atoms with Gasteiger partial charge in [0.1, 0.15) is 24.1 Å². The molecule has 1 saturated carbocycles. The third-order valence-electron chi connectivity index (χ3n) is 7.94. The third kappa shape index (κ3) is 8.42. The van der Waals surface area contributed by atoms with Gasteiger partial charge in [-0.25, -0.2) is 8.42 Å². The number of hydrogen-bond donors (Lipinski definition) is 1. The van der Waals surface area contributed by atoms with Crippen LogP contribution < -0.4 is 19.1 Å². The van der Waals surface area contributed by atoms with Crippen LogP contribution in [0.2, 0.25) is 10.0 Å². The van der Waals surface area contributed by atoms with Gasteiger partial charge in [0, 0.05) is 18.7 Å². The van der Waals surface area contributed by atoms with Crippen molar-refractivity contribution in [3.05, 3.63) is 82.3 Å². The maximum Gasteiger partial charge on any atom is 0.264 e. The first-order valence-corrected chi connectivity index (χ1v) is 17.1. The van der Waals surface area contributed by atoms with Gasteiger partial charge in [-0.1, -0.05) is 73.7 Å². The highest BCUT2D eigenvalue weighted by atomic mass is 35.5. The van der Waals surface area contributed by atoms with E-state index >= 15 is 0 Å². The number of carbonyl (C=O) groups is 2. The molecule has 0 heterocycles. The summed E-state index contributed by atoms with van der Waals surface area (Å²) < 4.78 is 40.3. The van der Waals surface area contributed by atoms with Crippen LogP contribution in [0.1, 0.15) is 51.0 Å². The van der Waals surface area contributed by atoms with Gasteiger partial charge in [-0.15, -0.1) is 0 Å². The number of nitrogens with zero attached hydrogens (tertiary/aromatic N) is 2. The summed E-state index contributed by atoms with van der Waals surface area (Å²) in [5.41, 5.74) is 0.751. The summed E-state index contributed by atoms with van der Waals surface area (Å²) in [4.78, 5) is 29.6. The number of sulfonamides is 1. The summed E-state index contributed by atoms with van der Waals surface area (Å²) in [5, 5.41) is 3.79. The molecule has 0 spiro atoms. The Kier molecular flexibility index (Phi) is 12.0. The van der Waals surface area contributed by atoms with Gasteiger partial charge in [0.15, 0.2) is 0 Å². The fourth-order valence-corrected chi connectivity index (χ4v) is 7.28. The molecule has 9 nitrogen and oxygen atoms in total. The maximum atomic E-state index is 14.4. The monoisotopic (exact) mass is 675 g/mol. The first kappa shape index (κ1) is 34.4. The standard InChI is InChI=1S/C33H39Cl2N3O6S/c1-4-29(33(40)36-24-11-7-5-8-12-24)37(21-23-15-17-27(34)28(35)19-23)32(39)22-38(45(41,42)26-13-9-6-10-14-26)30-20-25(43-2)16-18-31(30)44-3/h6,9-10,13-20,24,29H,4-5,7-8,11-12,21-22H2,1-3H3,(H,36,40)/t29-/m0/s1. The molecule has 4 rings (SSSR count). The molecule has 1 aliphatic rings. The summed E-state index contributed by atoms with van der Waals surface area (Å²) in [6, 6.07) is 16.7. The minimum Gasteiger partial charge on any atom is -0.497 e. The number of hydrogen-bond acceptors (Lipinski definition) is 6. The predicted octanol–water partition coefficient (Wildman–Crippen LogP) is 6.46. The molecule has 1 N–H and O–H groups in total. The average Bonchev–Trinajstić information content (AvgIpc) is 3.05. The zero-order chi connectivity index (χ0) is 32.6. The van der Waals surface area contributed by atoms with Crippen LogP contribution in [-0.2, 0) is 26.2 Å². The molecule has 0 unspecified atom stereocenters. The van der Waals surface area contributed by atoms with E-state index < -0.39 is 28.5 Å². The molecule has 0 radical (unpaired) electrons. The number of nitrogens with one attached hydrogen (secondary N) is 1. The van der Waals surface area contributed by atoms with Crippen molar-refractivity contribution in [3.8, 4) is 11.5 Å². The molecule has 3 aromatic carbocycles. The van der Waals surface area contributed by atoms with Crippen LogP contribution in [0.15, 0.2) is 71.6 Å². The van der Waals surface area contributed by atoms with Crippen molar-refractivity contribution in [1.82, 2.24) is 10.2 Å². The van der Waals surface area contributed by atoms with Gasteiger partial charge in [0.2, 0.25) is 11.8 Å². The number of amides is 2. The quantitative estimate of drug-likeness (QED) is 0.223. The lowest BCUT2D eigenvalue weighted by atomic mass is 9.95. The smallest absolute Gasteiger partial charge is 0.264 e. The Morgan fingerprint density at radius 1 is 0.933 bits per heavy atom. The van der Waals surface area contributed by atoms with Crippen molar-refractivity contribution in [2.24, 2.45) is 0 Å². The lowest BCUT2D eigenvalue weighted by molar-refractivity contribution is -0.140. The van der Waals surface area contributed by atoms with E-state index in [0.29, 0.717) is 27.8 Å². The average molecular weight is 677 g/mol. The number of methoxy groups -OCH3 is 2. The van der Waals surface area contributed by atoms with Gasteiger partial charge in [-0.05, 0) is 61.2 Å². The highest BCUT2D eigenvalue weighted by Crippen LogP contribution is 2.36. The van der Waals surface area contributed by atoms with Gasteiger partial charge in [-0.3, -0.25) is 13.9 Å². The molecule has 0 aliphatic heterocycles. The van der Waals surface area contributed by atoms with E-state index in [4.69, 9.17) is 32.7 Å². The first-order valence-electron chi connectivity index (χ1n) is 14.9. The zero-order valence-electron chi connectivity index (χ0n) is 25.7. The Morgan fingerprint density at radius 2 is 1.64 bits per heavy atom. The second kappa shape index (κ2) is 15.7. The van der Waals surface area contributed by atoms with Gasteiger partial charge in [0.05, 0.1) is 34.8 Å². The molecular formula is C33H39Cl2N3O6S. The lowest BCUT2D eigenvalue weighted by Gasteiger charge is -2.34. The Bertz CT molecular complexity index is 1580. The molecule has 3 aromatic rings. The van der Waals surface area contributed by atoms with E-state index in [1.54, 1.807) is 48.5 Å². The Morgan fingerprint density at radius 3 is 2.27 bits per heavy atom. The summed E-state index contributed by atoms with van der Waals surface area (Å²) >= 11 is 12.5. The SMILES string of the molecule is CC[C@@H](C(=O)NC1CCCCC1)N(Cc1ccc(Cl)c(Cl)c1)C(=O)CN(c1cc(OC)ccc1OC)S(=O)(=O)c1ccccc1. The minimum atomic E-state index is -4.29. The van der Waals surface area contributed by atoms with Gasteiger partial charge in [0.25, 0.3) is 10.0 Å². The summed E-state index contributed by atoms with van der Waals surface area (Å²) in [6.07, 6.45) is 5.25. The van der Waals surface area contributed by atoms with Crippen molar-refractivity contribution in [2.75, 3.05) is 25.1 Å². The van der Waals surface area contributed by atoms with Crippen LogP contribution in [0.3, 0.4) is 0 Å². The molecule has 0 aromatic heterocycles. The molecule has 45 heavy (non-hydrogen) atoms. The van der Waals surface area contributed by atoms with Gasteiger partial charge < -0.3 is 19.7 Å². The lowest BCUT2D eigenvalue weighted by Crippen LogP contribution is -2.54. The molecule has 0 saturated heterocycles. The summed E-state index contributed by atoms with van der Waals surface area (Å²) in [6.45, 7) is 1.21. The van der Waals surface area contributed by atoms with E-state index in [-0.39, 0.29) is 34.8 Å². The Labute approximate surface area is 275 Å². The second-order valence-corrected chi connectivity index (χ2v) is 13.6. The molecule has 12 heteroatoms. The van der Waals surface area contributed by atoms with Crippen LogP contribution in [0.4, 0.5) is 5.69 Å². The molecular weight excluding hydrogens is 637 g/mol. The van der Waals surface area contributed by atoms with Crippen molar-refractivity contribution in [3.63, 3.8) is 0 Å². The number of anilines is 1. The van der Waals surface area contributed by atoms with Gasteiger partial charge in [-0.2, -0.15) is 0 Å². The van der Waals surface area contributed by atoms with E-state index in [0.717, 1.165) is 36.4 Å². The predicted molar refractivity (Wildman–Crippen MR) is 177 cm³/mol. The zero-order valence-corrected chi connectivity index (χ0v) is 28.0. The van der Waals surface area contributed by atoms with E-state index in [1.165, 1.54) is 37.3 Å². The minimum absolute atomic E-state index is 0.000780. The van der Waals surface area contributed by atoms with Crippen molar-refractivity contribution >= 4 is 50.7 Å². The van der Waals surface area contributed by atoms with Crippen LogP contribution in [-0.4, -0.2) is 58.0 Å². The largest absolute Gasteiger partial charge is 0.497 e. The van der Waals surface area contributed by atoms with Gasteiger partial charge >= 0.3 is 0 Å². The van der Waals surface area contributed by atoms with E-state index in [1.807, 2.05) is 6.92 Å². The summed E-state index contributed by atoms with van der Waals surface area (Å²) in [5.74, 6) is -0.274. The van der Waals surface area contributed by atoms with Crippen molar-refractivity contribution in [2.45, 2.75) is 69.0 Å².